The molecule has 2 amide bonds. The molecule has 0 saturated carbocycles. The molecule has 2 aromatic carbocycles. The van der Waals surface area contributed by atoms with Gasteiger partial charge >= 0.3 is 5.76 Å². The Morgan fingerprint density at radius 3 is 2.30 bits per heavy atom. The van der Waals surface area contributed by atoms with Gasteiger partial charge in [0.1, 0.15) is 13.2 Å². The molecular weight excluding hydrogens is 460 g/mol. The monoisotopic (exact) mass is 483 g/mol. The quantitative estimate of drug-likeness (QED) is 0.563. The summed E-state index contributed by atoms with van der Waals surface area (Å²) < 4.78 is 60.4. The predicted octanol–water partition coefficient (Wildman–Crippen LogP) is 2.35. The summed E-state index contributed by atoms with van der Waals surface area (Å²) in [6.45, 7) is 2.54. The fourth-order valence-electron chi connectivity index (χ4n) is 3.11. The number of carbonyl (C=O) groups is 2. The molecule has 0 radical (unpaired) electrons. The zero-order chi connectivity index (χ0) is 24.0. The van der Waals surface area contributed by atoms with Gasteiger partial charge in [0.25, 0.3) is 0 Å². The molecule has 0 aliphatic carbocycles. The lowest BCUT2D eigenvalue weighted by Gasteiger charge is -2.21. The van der Waals surface area contributed by atoms with Crippen molar-refractivity contribution in [2.45, 2.75) is 17.6 Å². The average Bonchev–Trinajstić information content (AvgIpc) is 2.78. The molecule has 1 aliphatic rings. The van der Waals surface area contributed by atoms with Crippen molar-refractivity contribution in [3.63, 3.8) is 0 Å². The first-order chi connectivity index (χ1) is 15.7. The first kappa shape index (κ1) is 24.4. The Morgan fingerprint density at radius 1 is 1.00 bits per heavy atom. The summed E-state index contributed by atoms with van der Waals surface area (Å²) in [6, 6.07) is 9.89. The number of rotatable bonds is 9. The van der Waals surface area contributed by atoms with Gasteiger partial charge in [0.2, 0.25) is 21.7 Å². The number of nitrogens with one attached hydrogen (secondary N) is 2. The van der Waals surface area contributed by atoms with Gasteiger partial charge in [-0.1, -0.05) is 19.1 Å². The van der Waals surface area contributed by atoms with Gasteiger partial charge in [-0.2, -0.15) is 8.78 Å². The fraction of sp³-hybridized carbons (Fsp3) is 0.333. The van der Waals surface area contributed by atoms with Crippen LogP contribution in [0.2, 0.25) is 0 Å². The van der Waals surface area contributed by atoms with E-state index >= 15 is 0 Å². The summed E-state index contributed by atoms with van der Waals surface area (Å²) in [5.74, 6) is -3.56. The Bertz CT molecular complexity index is 1130. The number of likely N-dealkylation sites (N-methyl/N-ethyl adjacent to an activating group) is 1. The van der Waals surface area contributed by atoms with E-state index in [0.717, 1.165) is 6.07 Å². The molecule has 178 valence electrons. The van der Waals surface area contributed by atoms with Crippen molar-refractivity contribution < 1.29 is 36.3 Å². The average molecular weight is 483 g/mol. The van der Waals surface area contributed by atoms with E-state index in [9.17, 15) is 26.8 Å². The number of para-hydroxylation sites is 1. The molecule has 0 atom stereocenters. The van der Waals surface area contributed by atoms with Gasteiger partial charge in [-0.3, -0.25) is 14.5 Å². The van der Waals surface area contributed by atoms with Crippen LogP contribution in [0.1, 0.15) is 6.92 Å². The van der Waals surface area contributed by atoms with E-state index < -0.39 is 26.4 Å². The van der Waals surface area contributed by atoms with Crippen molar-refractivity contribution in [1.82, 2.24) is 4.90 Å². The van der Waals surface area contributed by atoms with Crippen molar-refractivity contribution >= 4 is 33.0 Å². The first-order valence-corrected chi connectivity index (χ1v) is 11.6. The van der Waals surface area contributed by atoms with Crippen LogP contribution in [0.25, 0.3) is 0 Å². The van der Waals surface area contributed by atoms with Crippen LogP contribution in [-0.4, -0.2) is 63.7 Å². The molecule has 0 bridgehead atoms. The molecule has 9 nitrogen and oxygen atoms in total. The Labute approximate surface area is 189 Å². The summed E-state index contributed by atoms with van der Waals surface area (Å²) in [6.07, 6.45) is 0. The number of anilines is 2. The Balaban J connectivity index is 1.60. The number of sulfone groups is 1. The molecule has 33 heavy (non-hydrogen) atoms. The smallest absolute Gasteiger partial charge is 0.341 e. The van der Waals surface area contributed by atoms with E-state index in [4.69, 9.17) is 9.47 Å². The molecule has 1 aliphatic heterocycles. The third-order valence-corrected chi connectivity index (χ3v) is 6.15. The highest BCUT2D eigenvalue weighted by Crippen LogP contribution is 2.32. The molecule has 0 unspecified atom stereocenters. The largest absolute Gasteiger partial charge is 0.486 e. The van der Waals surface area contributed by atoms with Gasteiger partial charge in [0.15, 0.2) is 11.5 Å². The van der Waals surface area contributed by atoms with Crippen molar-refractivity contribution in [2.24, 2.45) is 0 Å². The summed E-state index contributed by atoms with van der Waals surface area (Å²) >= 11 is 0. The van der Waals surface area contributed by atoms with Crippen LogP contribution in [0.3, 0.4) is 0 Å². The highest BCUT2D eigenvalue weighted by atomic mass is 32.2. The molecule has 0 saturated heterocycles. The number of hydrogen-bond donors (Lipinski definition) is 2. The number of fused-ring (bicyclic) bond motifs is 1. The van der Waals surface area contributed by atoms with Crippen LogP contribution < -0.4 is 20.1 Å². The second-order valence-corrected chi connectivity index (χ2v) is 8.95. The Kier molecular flexibility index (Phi) is 7.82. The number of alkyl halides is 2. The number of amides is 2. The summed E-state index contributed by atoms with van der Waals surface area (Å²) in [5.41, 5.74) is 0.246. The normalized spacial score (nSPS) is 13.1. The van der Waals surface area contributed by atoms with Crippen LogP contribution in [0.4, 0.5) is 20.2 Å². The Morgan fingerprint density at radius 2 is 1.64 bits per heavy atom. The molecule has 12 heteroatoms. The maximum atomic E-state index is 12.9. The zero-order valence-electron chi connectivity index (χ0n) is 17.7. The van der Waals surface area contributed by atoms with Gasteiger partial charge in [0.05, 0.1) is 23.7 Å². The Hall–Kier alpha value is -3.25. The molecular formula is C21H23F2N3O6S. The zero-order valence-corrected chi connectivity index (χ0v) is 18.5. The number of carbonyl (C=O) groups excluding carboxylic acids is 2. The van der Waals surface area contributed by atoms with Gasteiger partial charge in [-0.25, -0.2) is 8.42 Å². The molecule has 1 heterocycles. The molecule has 2 aromatic rings. The van der Waals surface area contributed by atoms with Crippen LogP contribution >= 0.6 is 0 Å². The van der Waals surface area contributed by atoms with Crippen molar-refractivity contribution in [2.75, 3.05) is 43.5 Å². The SMILES string of the molecule is CCN(CC(=O)Nc1ccc2c(c1)OCCO2)CC(=O)Nc1ccccc1S(=O)(=O)C(F)F. The van der Waals surface area contributed by atoms with Crippen LogP contribution in [0.15, 0.2) is 47.4 Å². The van der Waals surface area contributed by atoms with Gasteiger partial charge in [-0.15, -0.1) is 0 Å². The molecule has 0 spiro atoms. The lowest BCUT2D eigenvalue weighted by Crippen LogP contribution is -2.38. The van der Waals surface area contributed by atoms with Crippen LogP contribution in [0, 0.1) is 0 Å². The highest BCUT2D eigenvalue weighted by Gasteiger charge is 2.29. The van der Waals surface area contributed by atoms with E-state index in [2.05, 4.69) is 10.6 Å². The summed E-state index contributed by atoms with van der Waals surface area (Å²) in [4.78, 5) is 25.7. The van der Waals surface area contributed by atoms with Crippen molar-refractivity contribution in [3.05, 3.63) is 42.5 Å². The first-order valence-electron chi connectivity index (χ1n) is 10.0. The highest BCUT2D eigenvalue weighted by molar-refractivity contribution is 7.91. The summed E-state index contributed by atoms with van der Waals surface area (Å²) in [7, 11) is -4.89. The molecule has 0 aromatic heterocycles. The van der Waals surface area contributed by atoms with Crippen molar-refractivity contribution in [1.29, 1.82) is 0 Å². The predicted molar refractivity (Wildman–Crippen MR) is 116 cm³/mol. The third kappa shape index (κ3) is 6.17. The third-order valence-electron chi connectivity index (χ3n) is 4.71. The van der Waals surface area contributed by atoms with Crippen molar-refractivity contribution in [3.8, 4) is 11.5 Å². The molecule has 2 N–H and O–H groups in total. The van der Waals surface area contributed by atoms with Gasteiger partial charge in [-0.05, 0) is 30.8 Å². The second kappa shape index (κ2) is 10.6. The van der Waals surface area contributed by atoms with Crippen LogP contribution in [0.5, 0.6) is 11.5 Å². The minimum Gasteiger partial charge on any atom is -0.486 e. The van der Waals surface area contributed by atoms with Gasteiger partial charge < -0.3 is 20.1 Å². The number of halogens is 2. The van der Waals surface area contributed by atoms with Gasteiger partial charge in [0, 0.05) is 11.8 Å². The number of ether oxygens (including phenoxy) is 2. The molecule has 3 rings (SSSR count). The van der Waals surface area contributed by atoms with E-state index in [1.165, 1.54) is 23.1 Å². The van der Waals surface area contributed by atoms with E-state index in [1.54, 1.807) is 25.1 Å². The molecule has 0 fully saturated rings. The maximum absolute atomic E-state index is 12.9. The van der Waals surface area contributed by atoms with Crippen LogP contribution in [-0.2, 0) is 19.4 Å². The number of hydrogen-bond acceptors (Lipinski definition) is 7. The lowest BCUT2D eigenvalue weighted by atomic mass is 10.2. The second-order valence-electron chi connectivity index (χ2n) is 7.06. The van der Waals surface area contributed by atoms with E-state index in [1.807, 2.05) is 0 Å². The standard InChI is InChI=1S/C21H23F2N3O6S/c1-2-26(12-19(27)24-14-7-8-16-17(11-14)32-10-9-31-16)13-20(28)25-15-5-3-4-6-18(15)33(29,30)21(22)23/h3-8,11,21H,2,9-10,12-13H2,1H3,(H,24,27)(H,25,28). The van der Waals surface area contributed by atoms with E-state index in [0.29, 0.717) is 36.9 Å². The lowest BCUT2D eigenvalue weighted by molar-refractivity contribution is -0.119. The topological polar surface area (TPSA) is 114 Å². The van der Waals surface area contributed by atoms with E-state index in [-0.39, 0.29) is 24.7 Å². The number of nitrogens with zero attached hydrogens (tertiary/aromatic N) is 1. The number of benzene rings is 2. The fourth-order valence-corrected chi connectivity index (χ4v) is 4.00. The minimum absolute atomic E-state index is 0.130. The minimum atomic E-state index is -4.89. The maximum Gasteiger partial charge on any atom is 0.341 e. The summed E-state index contributed by atoms with van der Waals surface area (Å²) in [5, 5.41) is 5.05.